The lowest BCUT2D eigenvalue weighted by molar-refractivity contribution is 0.535. The summed E-state index contributed by atoms with van der Waals surface area (Å²) in [7, 11) is -4.49. The van der Waals surface area contributed by atoms with Gasteiger partial charge in [-0.3, -0.25) is 8.51 Å². The van der Waals surface area contributed by atoms with Crippen LogP contribution in [0.3, 0.4) is 0 Å². The summed E-state index contributed by atoms with van der Waals surface area (Å²) >= 11 is 2.88. The highest BCUT2D eigenvalue weighted by Crippen LogP contribution is 2.31. The first kappa shape index (κ1) is 19.5. The average Bonchev–Trinajstić information content (AvgIpc) is 2.48. The second-order valence-corrected chi connectivity index (χ2v) is 7.72. The van der Waals surface area contributed by atoms with E-state index in [-0.39, 0.29) is 5.70 Å². The summed E-state index contributed by atoms with van der Waals surface area (Å²) in [5.74, 6) is -1.14. The lowest BCUT2D eigenvalue weighted by atomic mass is 10.2. The third kappa shape index (κ3) is 4.65. The van der Waals surface area contributed by atoms with Gasteiger partial charge in [0, 0.05) is 10.7 Å². The number of allylic oxidation sites excluding steroid dienone is 1. The first-order valence-corrected chi connectivity index (χ1v) is 9.71. The van der Waals surface area contributed by atoms with Crippen LogP contribution in [-0.4, -0.2) is 17.2 Å². The summed E-state index contributed by atoms with van der Waals surface area (Å²) in [6, 6.07) is 9.72. The van der Waals surface area contributed by atoms with Crippen LogP contribution in [0.15, 0.2) is 53.1 Å². The van der Waals surface area contributed by atoms with Crippen molar-refractivity contribution in [3.63, 3.8) is 0 Å². The van der Waals surface area contributed by atoms with Gasteiger partial charge in [-0.25, -0.2) is 17.9 Å². The Morgan fingerprint density at radius 1 is 1.28 bits per heavy atom. The number of nitrogens with two attached hydrogens (primary N) is 1. The molecule has 0 aliphatic rings. The number of sulfonamides is 1. The van der Waals surface area contributed by atoms with Gasteiger partial charge in [-0.1, -0.05) is 29.8 Å². The van der Waals surface area contributed by atoms with Gasteiger partial charge in [-0.05, 0) is 42.8 Å². The number of benzene rings is 2. The minimum atomic E-state index is -4.49. The van der Waals surface area contributed by atoms with Crippen molar-refractivity contribution in [2.24, 2.45) is 5.14 Å². The predicted octanol–water partition coefficient (Wildman–Crippen LogP) is 2.79. The van der Waals surface area contributed by atoms with Crippen LogP contribution >= 0.6 is 11.6 Å². The monoisotopic (exact) mass is 403 g/mol. The van der Waals surface area contributed by atoms with E-state index in [9.17, 15) is 21.6 Å². The molecule has 0 bridgehead atoms. The van der Waals surface area contributed by atoms with Crippen LogP contribution in [0.4, 0.5) is 10.1 Å². The number of halogens is 2. The van der Waals surface area contributed by atoms with Gasteiger partial charge in [-0.15, -0.1) is 0 Å². The van der Waals surface area contributed by atoms with Crippen molar-refractivity contribution in [2.75, 3.05) is 4.31 Å². The maximum atomic E-state index is 14.0. The van der Waals surface area contributed by atoms with E-state index in [1.54, 1.807) is 24.3 Å². The normalized spacial score (nSPS) is 13.6. The summed E-state index contributed by atoms with van der Waals surface area (Å²) in [5.41, 5.74) is 0.343. The van der Waals surface area contributed by atoms with E-state index in [1.165, 1.54) is 19.1 Å². The van der Waals surface area contributed by atoms with Crippen LogP contribution in [0.5, 0.6) is 0 Å². The summed E-state index contributed by atoms with van der Waals surface area (Å²) in [4.78, 5) is -0.900. The molecule has 0 fully saturated rings. The maximum Gasteiger partial charge on any atom is 0.243 e. The zero-order valence-corrected chi connectivity index (χ0v) is 15.2. The average molecular weight is 404 g/mol. The molecule has 2 aromatic rings. The summed E-state index contributed by atoms with van der Waals surface area (Å²) in [5, 5.41) is 5.54. The molecule has 0 aromatic heterocycles. The predicted molar refractivity (Wildman–Crippen MR) is 94.3 cm³/mol. The van der Waals surface area contributed by atoms with Gasteiger partial charge in [0.05, 0.1) is 17.0 Å². The molecular formula is C15H13ClFN2O4S2-. The molecule has 0 saturated heterocycles. The molecule has 0 heterocycles. The molecule has 10 heteroatoms. The Kier molecular flexibility index (Phi) is 5.96. The Balaban J connectivity index is 2.62. The van der Waals surface area contributed by atoms with Gasteiger partial charge in [0.1, 0.15) is 10.7 Å². The van der Waals surface area contributed by atoms with Crippen LogP contribution in [0.25, 0.3) is 6.08 Å². The molecule has 0 spiro atoms. The van der Waals surface area contributed by atoms with E-state index in [0.717, 1.165) is 12.1 Å². The van der Waals surface area contributed by atoms with Crippen LogP contribution in [0.1, 0.15) is 12.5 Å². The third-order valence-corrected chi connectivity index (χ3v) is 5.17. The van der Waals surface area contributed by atoms with Crippen molar-refractivity contribution in [3.8, 4) is 0 Å². The van der Waals surface area contributed by atoms with Crippen LogP contribution in [0, 0.1) is 5.82 Å². The van der Waals surface area contributed by atoms with Gasteiger partial charge in [0.2, 0.25) is 10.0 Å². The van der Waals surface area contributed by atoms with E-state index in [1.807, 2.05) is 0 Å². The fourth-order valence-electron chi connectivity index (χ4n) is 2.19. The van der Waals surface area contributed by atoms with Crippen LogP contribution < -0.4 is 9.44 Å². The molecule has 1 atom stereocenters. The molecule has 134 valence electrons. The molecule has 0 aliphatic heterocycles. The molecule has 0 saturated carbocycles. The SMILES string of the molecule is C/C(=C/c1ccc(Cl)cc1)N(c1cccc(F)c1S(N)(=O)=O)S(=O)[O-]. The number of nitrogens with zero attached hydrogens (tertiary/aromatic N) is 1. The summed E-state index contributed by atoms with van der Waals surface area (Å²) in [6.07, 6.45) is 1.48. The Hall–Kier alpha value is -1.78. The molecular weight excluding hydrogens is 391 g/mol. The molecule has 2 aromatic carbocycles. The van der Waals surface area contributed by atoms with Crippen molar-refractivity contribution in [1.29, 1.82) is 0 Å². The molecule has 0 aliphatic carbocycles. The number of hydrogen-bond donors (Lipinski definition) is 1. The van der Waals surface area contributed by atoms with E-state index in [0.29, 0.717) is 14.9 Å². The van der Waals surface area contributed by atoms with Crippen molar-refractivity contribution in [2.45, 2.75) is 11.8 Å². The van der Waals surface area contributed by atoms with E-state index in [4.69, 9.17) is 16.7 Å². The molecule has 0 radical (unpaired) electrons. The Bertz CT molecular complexity index is 947. The second-order valence-electron chi connectivity index (χ2n) is 4.98. The van der Waals surface area contributed by atoms with Crippen LogP contribution in [0.2, 0.25) is 5.02 Å². The van der Waals surface area contributed by atoms with E-state index >= 15 is 0 Å². The minimum absolute atomic E-state index is 0.131. The summed E-state index contributed by atoms with van der Waals surface area (Å²) < 4.78 is 61.4. The van der Waals surface area contributed by atoms with Crippen LogP contribution in [-0.2, 0) is 21.3 Å². The Morgan fingerprint density at radius 2 is 1.88 bits per heavy atom. The molecule has 0 amide bonds. The molecule has 6 nitrogen and oxygen atoms in total. The zero-order chi connectivity index (χ0) is 18.8. The van der Waals surface area contributed by atoms with E-state index < -0.39 is 37.7 Å². The van der Waals surface area contributed by atoms with E-state index in [2.05, 4.69) is 0 Å². The third-order valence-electron chi connectivity index (χ3n) is 3.16. The molecule has 25 heavy (non-hydrogen) atoms. The van der Waals surface area contributed by atoms with Crippen molar-refractivity contribution < 1.29 is 21.6 Å². The van der Waals surface area contributed by atoms with Gasteiger partial charge in [0.25, 0.3) is 0 Å². The first-order chi connectivity index (χ1) is 11.6. The molecule has 2 rings (SSSR count). The lowest BCUT2D eigenvalue weighted by Crippen LogP contribution is -2.27. The highest BCUT2D eigenvalue weighted by atomic mass is 35.5. The minimum Gasteiger partial charge on any atom is -0.755 e. The van der Waals surface area contributed by atoms with Gasteiger partial charge in [-0.2, -0.15) is 0 Å². The summed E-state index contributed by atoms with van der Waals surface area (Å²) in [6.45, 7) is 1.43. The smallest absolute Gasteiger partial charge is 0.243 e. The molecule has 2 N–H and O–H groups in total. The van der Waals surface area contributed by atoms with Gasteiger partial charge >= 0.3 is 0 Å². The second kappa shape index (κ2) is 7.63. The first-order valence-electron chi connectivity index (χ1n) is 6.76. The largest absolute Gasteiger partial charge is 0.755 e. The highest BCUT2D eigenvalue weighted by molar-refractivity contribution is 7.89. The number of anilines is 1. The fraction of sp³-hybridized carbons (Fsp3) is 0.0667. The number of primary sulfonamides is 1. The van der Waals surface area contributed by atoms with Crippen molar-refractivity contribution >= 4 is 44.7 Å². The number of hydrogen-bond acceptors (Lipinski definition) is 4. The number of rotatable bonds is 5. The highest BCUT2D eigenvalue weighted by Gasteiger charge is 2.24. The van der Waals surface area contributed by atoms with Gasteiger partial charge < -0.3 is 4.55 Å². The lowest BCUT2D eigenvalue weighted by Gasteiger charge is -2.28. The quantitative estimate of drug-likeness (QED) is 0.775. The molecule has 1 unspecified atom stereocenters. The van der Waals surface area contributed by atoms with Crippen molar-refractivity contribution in [3.05, 3.63) is 64.6 Å². The Morgan fingerprint density at radius 3 is 2.40 bits per heavy atom. The zero-order valence-electron chi connectivity index (χ0n) is 12.8. The fourth-order valence-corrected chi connectivity index (χ4v) is 3.76. The standard InChI is InChI=1S/C15H14ClFN2O4S2/c1-10(9-11-5-7-12(16)8-6-11)19(24(20)21)14-4-2-3-13(17)15(14)25(18,22)23/h2-9H,1H3,(H,20,21)(H2,18,22,23)/p-1/b10-9-. The topological polar surface area (TPSA) is 104 Å². The van der Waals surface area contributed by atoms with Gasteiger partial charge in [0.15, 0.2) is 0 Å². The Labute approximate surface area is 152 Å². The maximum absolute atomic E-state index is 14.0. The van der Waals surface area contributed by atoms with Crippen molar-refractivity contribution in [1.82, 2.24) is 0 Å².